The van der Waals surface area contributed by atoms with Crippen molar-refractivity contribution in [2.45, 2.75) is 194 Å². The zero-order chi connectivity index (χ0) is 33.5. The molecule has 6 heteroatoms. The predicted molar refractivity (Wildman–Crippen MR) is 198 cm³/mol. The number of carbonyl (C=O) groups excluding carboxylic acids is 2. The van der Waals surface area contributed by atoms with E-state index in [1.165, 1.54) is 153 Å². The number of halogens is 2. The van der Waals surface area contributed by atoms with Crippen LogP contribution in [-0.4, -0.2) is 25.2 Å². The molecule has 0 aliphatic heterocycles. The molecule has 46 heavy (non-hydrogen) atoms. The maximum Gasteiger partial charge on any atom is 0.339 e. The van der Waals surface area contributed by atoms with Crippen molar-refractivity contribution >= 4 is 35.1 Å². The van der Waals surface area contributed by atoms with Gasteiger partial charge in [-0.25, -0.2) is 9.59 Å². The van der Waals surface area contributed by atoms with Gasteiger partial charge >= 0.3 is 11.9 Å². The minimum atomic E-state index is -0.510. The molecular formula is C40H68Cl2O4. The van der Waals surface area contributed by atoms with Gasteiger partial charge in [0.05, 0.1) is 34.4 Å². The summed E-state index contributed by atoms with van der Waals surface area (Å²) in [6, 6.07) is 2.83. The minimum Gasteiger partial charge on any atom is -0.462 e. The largest absolute Gasteiger partial charge is 0.462 e. The van der Waals surface area contributed by atoms with Gasteiger partial charge in [0, 0.05) is 0 Å². The summed E-state index contributed by atoms with van der Waals surface area (Å²) in [4.78, 5) is 25.2. The first kappa shape index (κ1) is 42.8. The Morgan fingerprint density at radius 2 is 0.630 bits per heavy atom. The third kappa shape index (κ3) is 23.1. The van der Waals surface area contributed by atoms with Gasteiger partial charge in [-0.3, -0.25) is 0 Å². The summed E-state index contributed by atoms with van der Waals surface area (Å²) < 4.78 is 10.9. The number of esters is 2. The number of benzene rings is 1. The number of hydrogen-bond acceptors (Lipinski definition) is 4. The number of ether oxygens (including phenoxy) is 2. The molecule has 0 spiro atoms. The highest BCUT2D eigenvalue weighted by molar-refractivity contribution is 6.37. The van der Waals surface area contributed by atoms with Gasteiger partial charge in [-0.1, -0.05) is 204 Å². The summed E-state index contributed by atoms with van der Waals surface area (Å²) in [5.41, 5.74) is 0.362. The highest BCUT2D eigenvalue weighted by Crippen LogP contribution is 2.27. The van der Waals surface area contributed by atoms with Gasteiger partial charge in [0.2, 0.25) is 0 Å². The van der Waals surface area contributed by atoms with Crippen molar-refractivity contribution in [1.29, 1.82) is 0 Å². The summed E-state index contributed by atoms with van der Waals surface area (Å²) in [5, 5.41) is 0.303. The zero-order valence-corrected chi connectivity index (χ0v) is 31.3. The van der Waals surface area contributed by atoms with Crippen LogP contribution in [0.4, 0.5) is 0 Å². The van der Waals surface area contributed by atoms with Crippen LogP contribution in [-0.2, 0) is 9.47 Å². The first-order valence-corrected chi connectivity index (χ1v) is 20.1. The molecule has 0 amide bonds. The molecule has 266 valence electrons. The molecule has 1 rings (SSSR count). The van der Waals surface area contributed by atoms with Crippen LogP contribution >= 0.6 is 23.2 Å². The SMILES string of the molecule is CCCCCCCCCCCCCCCCOC(=O)c1cc(Cl)c(C(=O)OCCCCCCCCCCCCCCCC)cc1Cl. The van der Waals surface area contributed by atoms with Gasteiger partial charge in [-0.2, -0.15) is 0 Å². The third-order valence-corrected chi connectivity index (χ3v) is 9.58. The van der Waals surface area contributed by atoms with Crippen LogP contribution in [0, 0.1) is 0 Å². The molecule has 0 aliphatic rings. The second kappa shape index (κ2) is 31.0. The van der Waals surface area contributed by atoms with Crippen molar-refractivity contribution in [1.82, 2.24) is 0 Å². The Balaban J connectivity index is 2.09. The van der Waals surface area contributed by atoms with Crippen LogP contribution in [0.5, 0.6) is 0 Å². The molecule has 0 unspecified atom stereocenters. The lowest BCUT2D eigenvalue weighted by Gasteiger charge is -2.10. The number of carbonyl (C=O) groups is 2. The van der Waals surface area contributed by atoms with Gasteiger partial charge in [0.1, 0.15) is 0 Å². The topological polar surface area (TPSA) is 52.6 Å². The first-order valence-electron chi connectivity index (χ1n) is 19.3. The van der Waals surface area contributed by atoms with E-state index in [1.807, 2.05) is 0 Å². The number of unbranched alkanes of at least 4 members (excludes halogenated alkanes) is 26. The van der Waals surface area contributed by atoms with E-state index in [4.69, 9.17) is 32.7 Å². The van der Waals surface area contributed by atoms with Crippen LogP contribution in [0.3, 0.4) is 0 Å². The van der Waals surface area contributed by atoms with Gasteiger partial charge in [0.15, 0.2) is 0 Å². The lowest BCUT2D eigenvalue weighted by Crippen LogP contribution is -2.11. The Morgan fingerprint density at radius 3 is 0.870 bits per heavy atom. The normalized spacial score (nSPS) is 11.2. The molecule has 0 radical (unpaired) electrons. The van der Waals surface area contributed by atoms with Gasteiger partial charge in [-0.15, -0.1) is 0 Å². The fourth-order valence-electron chi connectivity index (χ4n) is 5.94. The molecular weight excluding hydrogens is 615 g/mol. The Labute approximate surface area is 293 Å². The standard InChI is InChI=1S/C40H68Cl2O4/c1-3-5-7-9-11-13-15-17-19-21-23-25-27-29-31-45-39(43)35-33-38(42)36(34-37(35)41)40(44)46-32-30-28-26-24-22-20-18-16-14-12-10-8-6-4-2/h33-34H,3-32H2,1-2H3. The van der Waals surface area contributed by atoms with E-state index in [-0.39, 0.29) is 21.2 Å². The molecule has 0 atom stereocenters. The Bertz CT molecular complexity index is 816. The number of hydrogen-bond donors (Lipinski definition) is 0. The molecule has 0 saturated heterocycles. The van der Waals surface area contributed by atoms with Crippen molar-refractivity contribution in [3.63, 3.8) is 0 Å². The van der Waals surface area contributed by atoms with E-state index < -0.39 is 11.9 Å². The van der Waals surface area contributed by atoms with Crippen LogP contribution in [0.25, 0.3) is 0 Å². The molecule has 0 saturated carbocycles. The Kier molecular flexibility index (Phi) is 28.9. The van der Waals surface area contributed by atoms with E-state index in [0.29, 0.717) is 13.2 Å². The van der Waals surface area contributed by atoms with Gasteiger partial charge in [-0.05, 0) is 25.0 Å². The monoisotopic (exact) mass is 682 g/mol. The molecule has 0 aliphatic carbocycles. The summed E-state index contributed by atoms with van der Waals surface area (Å²) in [6.45, 7) is 5.24. The maximum absolute atomic E-state index is 12.6. The average molecular weight is 684 g/mol. The molecule has 0 N–H and O–H groups in total. The van der Waals surface area contributed by atoms with Crippen molar-refractivity contribution in [2.24, 2.45) is 0 Å². The maximum atomic E-state index is 12.6. The lowest BCUT2D eigenvalue weighted by molar-refractivity contribution is 0.0483. The van der Waals surface area contributed by atoms with E-state index in [9.17, 15) is 9.59 Å². The van der Waals surface area contributed by atoms with E-state index in [0.717, 1.165) is 38.5 Å². The number of rotatable bonds is 32. The van der Waals surface area contributed by atoms with E-state index in [2.05, 4.69) is 13.8 Å². The fraction of sp³-hybridized carbons (Fsp3) is 0.800. The fourth-order valence-corrected chi connectivity index (χ4v) is 6.42. The van der Waals surface area contributed by atoms with Gasteiger partial charge < -0.3 is 9.47 Å². The van der Waals surface area contributed by atoms with Crippen LogP contribution in [0.15, 0.2) is 12.1 Å². The summed E-state index contributed by atoms with van der Waals surface area (Å²) in [6.07, 6.45) is 35.8. The van der Waals surface area contributed by atoms with E-state index >= 15 is 0 Å². The Morgan fingerprint density at radius 1 is 0.413 bits per heavy atom. The van der Waals surface area contributed by atoms with Crippen LogP contribution in [0.2, 0.25) is 10.0 Å². The molecule has 0 aromatic heterocycles. The highest BCUT2D eigenvalue weighted by Gasteiger charge is 2.19. The average Bonchev–Trinajstić information content (AvgIpc) is 3.05. The zero-order valence-electron chi connectivity index (χ0n) is 29.8. The molecule has 0 bridgehead atoms. The molecule has 0 fully saturated rings. The quantitative estimate of drug-likeness (QED) is 0.0560. The van der Waals surface area contributed by atoms with Crippen LogP contribution in [0.1, 0.15) is 214 Å². The van der Waals surface area contributed by atoms with Crippen molar-refractivity contribution in [3.8, 4) is 0 Å². The van der Waals surface area contributed by atoms with E-state index in [1.54, 1.807) is 0 Å². The van der Waals surface area contributed by atoms with Crippen molar-refractivity contribution < 1.29 is 19.1 Å². The molecule has 1 aromatic rings. The molecule has 0 heterocycles. The highest BCUT2D eigenvalue weighted by atomic mass is 35.5. The van der Waals surface area contributed by atoms with Gasteiger partial charge in [0.25, 0.3) is 0 Å². The van der Waals surface area contributed by atoms with Crippen molar-refractivity contribution in [2.75, 3.05) is 13.2 Å². The predicted octanol–water partition coefficient (Wildman–Crippen LogP) is 14.3. The third-order valence-electron chi connectivity index (χ3n) is 8.96. The van der Waals surface area contributed by atoms with Crippen molar-refractivity contribution in [3.05, 3.63) is 33.3 Å². The van der Waals surface area contributed by atoms with Crippen LogP contribution < -0.4 is 0 Å². The minimum absolute atomic E-state index is 0.152. The second-order valence-electron chi connectivity index (χ2n) is 13.3. The first-order chi connectivity index (χ1) is 22.5. The second-order valence-corrected chi connectivity index (χ2v) is 14.1. The molecule has 1 aromatic carbocycles. The Hall–Kier alpha value is -1.26. The summed E-state index contributed by atoms with van der Waals surface area (Å²) in [5.74, 6) is -1.02. The smallest absolute Gasteiger partial charge is 0.339 e. The lowest BCUT2D eigenvalue weighted by atomic mass is 10.0. The summed E-state index contributed by atoms with van der Waals surface area (Å²) >= 11 is 12.7. The summed E-state index contributed by atoms with van der Waals surface area (Å²) in [7, 11) is 0. The molecule has 4 nitrogen and oxygen atoms in total.